The summed E-state index contributed by atoms with van der Waals surface area (Å²) in [6.07, 6.45) is 11.1. The molecule has 4 fully saturated rings. The van der Waals surface area contributed by atoms with Crippen molar-refractivity contribution in [3.05, 3.63) is 0 Å². The fourth-order valence-electron chi connectivity index (χ4n) is 5.23. The summed E-state index contributed by atoms with van der Waals surface area (Å²) in [5, 5.41) is 9.69. The summed E-state index contributed by atoms with van der Waals surface area (Å²) in [5.41, 5.74) is 0. The van der Waals surface area contributed by atoms with Gasteiger partial charge in [0.05, 0.1) is 0 Å². The van der Waals surface area contributed by atoms with E-state index in [1.165, 1.54) is 51.5 Å². The molecular formula is C17H28N2O2. The van der Waals surface area contributed by atoms with Crippen LogP contribution < -0.4 is 0 Å². The lowest BCUT2D eigenvalue weighted by molar-refractivity contribution is -0.150. The van der Waals surface area contributed by atoms with E-state index < -0.39 is 5.97 Å². The van der Waals surface area contributed by atoms with Crippen LogP contribution in [0.25, 0.3) is 0 Å². The third-order valence-corrected chi connectivity index (χ3v) is 6.39. The number of rotatable bonds is 3. The lowest BCUT2D eigenvalue weighted by Crippen LogP contribution is -2.59. The van der Waals surface area contributed by atoms with E-state index in [-0.39, 0.29) is 6.04 Å². The van der Waals surface area contributed by atoms with Crippen LogP contribution in [0.5, 0.6) is 0 Å². The van der Waals surface area contributed by atoms with Gasteiger partial charge < -0.3 is 5.11 Å². The molecule has 0 aromatic carbocycles. The number of fused-ring (bicyclic) bond motifs is 1. The lowest BCUT2D eigenvalue weighted by Gasteiger charge is -2.49. The van der Waals surface area contributed by atoms with Gasteiger partial charge in [0.1, 0.15) is 6.04 Å². The molecule has 4 nitrogen and oxygen atoms in total. The molecule has 2 saturated carbocycles. The number of carboxylic acid groups (broad SMARTS) is 1. The largest absolute Gasteiger partial charge is 0.480 e. The molecule has 0 radical (unpaired) electrons. The number of aliphatic carboxylic acids is 1. The first-order valence-corrected chi connectivity index (χ1v) is 8.98. The van der Waals surface area contributed by atoms with Crippen LogP contribution >= 0.6 is 0 Å². The monoisotopic (exact) mass is 292 g/mol. The van der Waals surface area contributed by atoms with Crippen molar-refractivity contribution in [2.75, 3.05) is 13.1 Å². The van der Waals surface area contributed by atoms with E-state index in [1.54, 1.807) is 0 Å². The standard InChI is InChI=1S/C17H28N2O2/c20-17(21)16-8-5-12-3-1-2-4-15(12)19(16)14-9-10-18(11-14)13-6-7-13/h12-16H,1-11H2,(H,20,21). The summed E-state index contributed by atoms with van der Waals surface area (Å²) < 4.78 is 0. The summed E-state index contributed by atoms with van der Waals surface area (Å²) in [6.45, 7) is 2.31. The maximum absolute atomic E-state index is 11.8. The first kappa shape index (κ1) is 14.0. The Bertz CT molecular complexity index is 410. The zero-order chi connectivity index (χ0) is 14.4. The van der Waals surface area contributed by atoms with E-state index in [2.05, 4.69) is 9.80 Å². The predicted molar refractivity (Wildman–Crippen MR) is 81.2 cm³/mol. The molecule has 4 atom stereocenters. The zero-order valence-corrected chi connectivity index (χ0v) is 12.9. The van der Waals surface area contributed by atoms with Gasteiger partial charge in [-0.15, -0.1) is 0 Å². The van der Waals surface area contributed by atoms with Gasteiger partial charge in [-0.3, -0.25) is 14.6 Å². The quantitative estimate of drug-likeness (QED) is 0.867. The van der Waals surface area contributed by atoms with Gasteiger partial charge in [0.15, 0.2) is 0 Å². The van der Waals surface area contributed by atoms with Gasteiger partial charge in [0, 0.05) is 31.2 Å². The van der Waals surface area contributed by atoms with Crippen LogP contribution in [0.1, 0.15) is 57.8 Å². The van der Waals surface area contributed by atoms with Crippen molar-refractivity contribution in [2.45, 2.75) is 82.0 Å². The van der Waals surface area contributed by atoms with Crippen LogP contribution in [0.2, 0.25) is 0 Å². The number of carboxylic acids is 1. The lowest BCUT2D eigenvalue weighted by atomic mass is 9.75. The molecular weight excluding hydrogens is 264 g/mol. The Balaban J connectivity index is 1.53. The van der Waals surface area contributed by atoms with E-state index in [4.69, 9.17) is 0 Å². The average molecular weight is 292 g/mol. The molecule has 2 saturated heterocycles. The van der Waals surface area contributed by atoms with Gasteiger partial charge in [0.25, 0.3) is 0 Å². The maximum atomic E-state index is 11.8. The van der Waals surface area contributed by atoms with Crippen LogP contribution in [0.4, 0.5) is 0 Å². The Morgan fingerprint density at radius 2 is 1.71 bits per heavy atom. The minimum absolute atomic E-state index is 0.214. The number of hydrogen-bond acceptors (Lipinski definition) is 3. The van der Waals surface area contributed by atoms with Crippen LogP contribution in [-0.4, -0.2) is 58.1 Å². The van der Waals surface area contributed by atoms with Crippen molar-refractivity contribution in [2.24, 2.45) is 5.92 Å². The Morgan fingerprint density at radius 1 is 0.905 bits per heavy atom. The highest BCUT2D eigenvalue weighted by Crippen LogP contribution is 2.41. The molecule has 4 aliphatic rings. The zero-order valence-electron chi connectivity index (χ0n) is 12.9. The molecule has 4 rings (SSSR count). The van der Waals surface area contributed by atoms with Gasteiger partial charge >= 0.3 is 5.97 Å². The third-order valence-electron chi connectivity index (χ3n) is 6.39. The first-order valence-electron chi connectivity index (χ1n) is 8.98. The molecule has 2 heterocycles. The van der Waals surface area contributed by atoms with Crippen molar-refractivity contribution >= 4 is 5.97 Å². The Hall–Kier alpha value is -0.610. The second kappa shape index (κ2) is 5.54. The van der Waals surface area contributed by atoms with Crippen LogP contribution in [0.15, 0.2) is 0 Å². The van der Waals surface area contributed by atoms with Gasteiger partial charge in [-0.25, -0.2) is 0 Å². The topological polar surface area (TPSA) is 43.8 Å². The Labute approximate surface area is 127 Å². The number of nitrogens with zero attached hydrogens (tertiary/aromatic N) is 2. The third kappa shape index (κ3) is 2.61. The van der Waals surface area contributed by atoms with E-state index in [9.17, 15) is 9.90 Å². The fraction of sp³-hybridized carbons (Fsp3) is 0.941. The SMILES string of the molecule is O=C(O)C1CCC2CCCCC2N1C1CCN(C2CC2)C1. The van der Waals surface area contributed by atoms with Crippen molar-refractivity contribution in [1.82, 2.24) is 9.80 Å². The number of likely N-dealkylation sites (tertiary alicyclic amines) is 2. The number of piperidine rings is 1. The molecule has 118 valence electrons. The molecule has 2 aliphatic carbocycles. The first-order chi connectivity index (χ1) is 10.2. The molecule has 4 heteroatoms. The number of hydrogen-bond donors (Lipinski definition) is 1. The van der Waals surface area contributed by atoms with Crippen molar-refractivity contribution < 1.29 is 9.90 Å². The van der Waals surface area contributed by atoms with Gasteiger partial charge in [0.2, 0.25) is 0 Å². The van der Waals surface area contributed by atoms with E-state index >= 15 is 0 Å². The molecule has 0 aromatic rings. The summed E-state index contributed by atoms with van der Waals surface area (Å²) in [7, 11) is 0. The van der Waals surface area contributed by atoms with Crippen molar-refractivity contribution in [3.63, 3.8) is 0 Å². The van der Waals surface area contributed by atoms with Crippen molar-refractivity contribution in [1.29, 1.82) is 0 Å². The van der Waals surface area contributed by atoms with E-state index in [1.807, 2.05) is 0 Å². The molecule has 0 amide bonds. The molecule has 1 N–H and O–H groups in total. The second-order valence-corrected chi connectivity index (χ2v) is 7.66. The van der Waals surface area contributed by atoms with E-state index in [0.717, 1.165) is 31.3 Å². The highest BCUT2D eigenvalue weighted by atomic mass is 16.4. The molecule has 4 unspecified atom stereocenters. The summed E-state index contributed by atoms with van der Waals surface area (Å²) in [6, 6.07) is 1.66. The molecule has 0 bridgehead atoms. The Kier molecular flexibility index (Phi) is 3.70. The highest BCUT2D eigenvalue weighted by molar-refractivity contribution is 5.73. The molecule has 0 aromatic heterocycles. The van der Waals surface area contributed by atoms with E-state index in [0.29, 0.717) is 12.1 Å². The summed E-state index contributed by atoms with van der Waals surface area (Å²) in [4.78, 5) is 16.9. The van der Waals surface area contributed by atoms with Gasteiger partial charge in [-0.2, -0.15) is 0 Å². The highest BCUT2D eigenvalue weighted by Gasteiger charge is 2.47. The Morgan fingerprint density at radius 3 is 2.48 bits per heavy atom. The smallest absolute Gasteiger partial charge is 0.320 e. The minimum atomic E-state index is -0.580. The van der Waals surface area contributed by atoms with Gasteiger partial charge in [-0.05, 0) is 50.9 Å². The molecule has 2 aliphatic heterocycles. The molecule has 0 spiro atoms. The fourth-order valence-corrected chi connectivity index (χ4v) is 5.23. The summed E-state index contributed by atoms with van der Waals surface area (Å²) in [5.74, 6) is 0.188. The summed E-state index contributed by atoms with van der Waals surface area (Å²) >= 11 is 0. The number of carbonyl (C=O) groups is 1. The second-order valence-electron chi connectivity index (χ2n) is 7.66. The molecule has 21 heavy (non-hydrogen) atoms. The van der Waals surface area contributed by atoms with Crippen LogP contribution in [-0.2, 0) is 4.79 Å². The predicted octanol–water partition coefficient (Wildman–Crippen LogP) is 2.33. The van der Waals surface area contributed by atoms with Crippen molar-refractivity contribution in [3.8, 4) is 0 Å². The van der Waals surface area contributed by atoms with Crippen LogP contribution in [0.3, 0.4) is 0 Å². The minimum Gasteiger partial charge on any atom is -0.480 e. The van der Waals surface area contributed by atoms with Gasteiger partial charge in [-0.1, -0.05) is 12.8 Å². The maximum Gasteiger partial charge on any atom is 0.320 e. The normalized spacial score (nSPS) is 41.9. The van der Waals surface area contributed by atoms with Crippen LogP contribution in [0, 0.1) is 5.92 Å². The average Bonchev–Trinajstić information content (AvgIpc) is 3.24.